The monoisotopic (exact) mass is 470 g/mol. The number of piperidine rings is 1. The molecule has 1 aliphatic rings. The molecule has 0 aliphatic carbocycles. The number of ether oxygens (including phenoxy) is 1. The van der Waals surface area contributed by atoms with Gasteiger partial charge in [0.1, 0.15) is 6.17 Å². The van der Waals surface area contributed by atoms with Crippen LogP contribution in [0.25, 0.3) is 22.4 Å². The van der Waals surface area contributed by atoms with Gasteiger partial charge < -0.3 is 29.8 Å². The van der Waals surface area contributed by atoms with Crippen LogP contribution in [0.1, 0.15) is 18.6 Å². The van der Waals surface area contributed by atoms with Gasteiger partial charge in [0.2, 0.25) is 12.1 Å². The van der Waals surface area contributed by atoms with Crippen molar-refractivity contribution < 1.29 is 31.6 Å². The second-order valence-corrected chi connectivity index (χ2v) is 7.78. The molecule has 9 nitrogen and oxygen atoms in total. The van der Waals surface area contributed by atoms with Gasteiger partial charge in [-0.15, -0.1) is 0 Å². The average molecular weight is 470 g/mol. The van der Waals surface area contributed by atoms with Crippen molar-refractivity contribution in [3.8, 4) is 11.5 Å². The van der Waals surface area contributed by atoms with Gasteiger partial charge in [-0.3, -0.25) is 0 Å². The number of halogens is 4. The standard InChI is InChI=1S/C20H22F4N6O3/c1-29-6-5-13(11(21)8-29)26-12-3-2-4-14-10(12)7-15(30(14)18(24)17(22)23)19-27-16(33-28-19)9-32-20(25)31/h2-4,7,11,13,17-18,26H,5-6,8-9H2,1H3,(H2,25,31). The number of nitrogens with two attached hydrogens (primary N) is 1. The van der Waals surface area contributed by atoms with E-state index in [0.717, 1.165) is 4.57 Å². The summed E-state index contributed by atoms with van der Waals surface area (Å²) in [5.74, 6) is -0.343. The molecular formula is C20H22F4N6O3. The number of benzene rings is 1. The summed E-state index contributed by atoms with van der Waals surface area (Å²) in [5, 5.41) is 7.21. The van der Waals surface area contributed by atoms with E-state index in [0.29, 0.717) is 24.0 Å². The molecule has 1 saturated heterocycles. The van der Waals surface area contributed by atoms with Crippen molar-refractivity contribution in [1.82, 2.24) is 19.6 Å². The molecule has 0 saturated carbocycles. The van der Waals surface area contributed by atoms with Crippen LogP contribution in [-0.4, -0.2) is 64.5 Å². The van der Waals surface area contributed by atoms with Gasteiger partial charge in [0.15, 0.2) is 6.61 Å². The number of hydrogen-bond acceptors (Lipinski definition) is 7. The van der Waals surface area contributed by atoms with Crippen molar-refractivity contribution in [2.75, 3.05) is 25.5 Å². The second-order valence-electron chi connectivity index (χ2n) is 7.78. The SMILES string of the molecule is CN1CCC(Nc2cccc3c2cc(-c2noc(COC(N)=O)n2)n3C(F)C(F)F)C(F)C1. The van der Waals surface area contributed by atoms with E-state index in [-0.39, 0.29) is 29.5 Å². The molecule has 1 fully saturated rings. The molecule has 3 N–H and O–H groups in total. The Labute approximate surface area is 185 Å². The minimum Gasteiger partial charge on any atom is -0.440 e. The highest BCUT2D eigenvalue weighted by atomic mass is 19.3. The third-order valence-electron chi connectivity index (χ3n) is 5.46. The number of carbonyl (C=O) groups is 1. The van der Waals surface area contributed by atoms with Gasteiger partial charge >= 0.3 is 6.09 Å². The zero-order valence-electron chi connectivity index (χ0n) is 17.6. The van der Waals surface area contributed by atoms with Crippen LogP contribution in [0.5, 0.6) is 0 Å². The predicted octanol–water partition coefficient (Wildman–Crippen LogP) is 3.47. The minimum atomic E-state index is -3.33. The topological polar surface area (TPSA) is 111 Å². The summed E-state index contributed by atoms with van der Waals surface area (Å²) in [4.78, 5) is 16.6. The van der Waals surface area contributed by atoms with Gasteiger partial charge in [-0.1, -0.05) is 11.2 Å². The first-order chi connectivity index (χ1) is 15.7. The molecule has 1 aliphatic heterocycles. The summed E-state index contributed by atoms with van der Waals surface area (Å²) in [7, 11) is 1.83. The average Bonchev–Trinajstić information content (AvgIpc) is 3.38. The van der Waals surface area contributed by atoms with Crippen LogP contribution in [0.3, 0.4) is 0 Å². The summed E-state index contributed by atoms with van der Waals surface area (Å²) in [6.07, 6.45) is -7.70. The highest BCUT2D eigenvalue weighted by Crippen LogP contribution is 2.37. The molecule has 13 heteroatoms. The normalized spacial score (nSPS) is 20.3. The number of fused-ring (bicyclic) bond motifs is 1. The number of amides is 1. The third-order valence-corrected chi connectivity index (χ3v) is 5.46. The number of likely N-dealkylation sites (tertiary alicyclic amines) is 1. The smallest absolute Gasteiger partial charge is 0.405 e. The lowest BCUT2D eigenvalue weighted by atomic mass is 10.0. The summed E-state index contributed by atoms with van der Waals surface area (Å²) in [6.45, 7) is 0.519. The van der Waals surface area contributed by atoms with Crippen molar-refractivity contribution >= 4 is 22.7 Å². The molecule has 1 amide bonds. The first-order valence-electron chi connectivity index (χ1n) is 10.1. The van der Waals surface area contributed by atoms with Gasteiger partial charge in [0.05, 0.1) is 17.3 Å². The largest absolute Gasteiger partial charge is 0.440 e. The zero-order valence-corrected chi connectivity index (χ0v) is 17.6. The Morgan fingerprint density at radius 2 is 2.18 bits per heavy atom. The summed E-state index contributed by atoms with van der Waals surface area (Å²) < 4.78 is 66.3. The van der Waals surface area contributed by atoms with E-state index in [1.165, 1.54) is 12.1 Å². The van der Waals surface area contributed by atoms with Crippen molar-refractivity contribution in [3.63, 3.8) is 0 Å². The van der Waals surface area contributed by atoms with Gasteiger partial charge in [-0.2, -0.15) is 4.98 Å². The quantitative estimate of drug-likeness (QED) is 0.509. The second kappa shape index (κ2) is 9.25. The highest BCUT2D eigenvalue weighted by Gasteiger charge is 2.31. The van der Waals surface area contributed by atoms with Gasteiger partial charge in [-0.05, 0) is 31.7 Å². The van der Waals surface area contributed by atoms with Crippen LogP contribution in [0.4, 0.5) is 28.0 Å². The molecule has 2 aromatic heterocycles. The van der Waals surface area contributed by atoms with E-state index in [2.05, 4.69) is 20.2 Å². The van der Waals surface area contributed by atoms with Gasteiger partial charge in [-0.25, -0.2) is 22.4 Å². The summed E-state index contributed by atoms with van der Waals surface area (Å²) in [5.41, 5.74) is 5.42. The Morgan fingerprint density at radius 3 is 2.88 bits per heavy atom. The Kier molecular flexibility index (Phi) is 6.40. The molecule has 0 bridgehead atoms. The van der Waals surface area contributed by atoms with E-state index in [1.54, 1.807) is 12.1 Å². The lowest BCUT2D eigenvalue weighted by molar-refractivity contribution is 0.0114. The van der Waals surface area contributed by atoms with E-state index >= 15 is 0 Å². The summed E-state index contributed by atoms with van der Waals surface area (Å²) >= 11 is 0. The highest BCUT2D eigenvalue weighted by molar-refractivity contribution is 5.96. The molecule has 33 heavy (non-hydrogen) atoms. The molecule has 3 unspecified atom stereocenters. The molecule has 0 spiro atoms. The van der Waals surface area contributed by atoms with E-state index in [9.17, 15) is 22.4 Å². The molecule has 3 atom stereocenters. The number of primary amides is 1. The molecular weight excluding hydrogens is 448 g/mol. The minimum absolute atomic E-state index is 0.0821. The van der Waals surface area contributed by atoms with E-state index in [1.807, 2.05) is 11.9 Å². The predicted molar refractivity (Wildman–Crippen MR) is 110 cm³/mol. The molecule has 178 valence electrons. The summed E-state index contributed by atoms with van der Waals surface area (Å²) in [6, 6.07) is 5.64. The van der Waals surface area contributed by atoms with Crippen LogP contribution in [-0.2, 0) is 11.3 Å². The Hall–Kier alpha value is -3.35. The number of rotatable bonds is 7. The fraction of sp³-hybridized carbons (Fsp3) is 0.450. The van der Waals surface area contributed by atoms with Gasteiger partial charge in [0.25, 0.3) is 12.3 Å². The van der Waals surface area contributed by atoms with E-state index in [4.69, 9.17) is 10.3 Å². The van der Waals surface area contributed by atoms with Crippen LogP contribution < -0.4 is 11.1 Å². The number of nitrogens with zero attached hydrogens (tertiary/aromatic N) is 4. The first-order valence-corrected chi connectivity index (χ1v) is 10.1. The Bertz CT molecular complexity index is 1140. The molecule has 1 aromatic carbocycles. The van der Waals surface area contributed by atoms with Gasteiger partial charge in [0, 0.05) is 24.2 Å². The molecule has 0 radical (unpaired) electrons. The fourth-order valence-electron chi connectivity index (χ4n) is 3.90. The Morgan fingerprint density at radius 1 is 1.39 bits per heavy atom. The molecule has 3 heterocycles. The van der Waals surface area contributed by atoms with Crippen molar-refractivity contribution in [3.05, 3.63) is 30.2 Å². The zero-order chi connectivity index (χ0) is 23.7. The molecule has 4 rings (SSSR count). The maximum Gasteiger partial charge on any atom is 0.405 e. The van der Waals surface area contributed by atoms with Crippen LogP contribution >= 0.6 is 0 Å². The lowest BCUT2D eigenvalue weighted by Crippen LogP contribution is -2.46. The van der Waals surface area contributed by atoms with Crippen LogP contribution in [0.2, 0.25) is 0 Å². The molecule has 3 aromatic rings. The number of anilines is 1. The number of nitrogens with one attached hydrogen (secondary N) is 1. The third kappa shape index (κ3) is 4.72. The maximum atomic E-state index is 14.7. The number of hydrogen-bond donors (Lipinski definition) is 2. The number of carbonyl (C=O) groups excluding carboxylic acids is 1. The number of aromatic nitrogens is 3. The maximum absolute atomic E-state index is 14.7. The van der Waals surface area contributed by atoms with Crippen molar-refractivity contribution in [1.29, 1.82) is 0 Å². The lowest BCUT2D eigenvalue weighted by Gasteiger charge is -2.33. The van der Waals surface area contributed by atoms with Crippen molar-refractivity contribution in [2.45, 2.75) is 38.0 Å². The fourth-order valence-corrected chi connectivity index (χ4v) is 3.90. The first kappa shape index (κ1) is 22.8. The van der Waals surface area contributed by atoms with Crippen molar-refractivity contribution in [2.24, 2.45) is 5.73 Å². The van der Waals surface area contributed by atoms with Crippen LogP contribution in [0, 0.1) is 0 Å². The van der Waals surface area contributed by atoms with Crippen LogP contribution in [0.15, 0.2) is 28.8 Å². The number of alkyl halides is 4. The van der Waals surface area contributed by atoms with E-state index < -0.39 is 37.6 Å². The Balaban J connectivity index is 1.74.